The third-order valence-electron chi connectivity index (χ3n) is 14.9. The molecule has 12 aromatic rings. The molecule has 0 amide bonds. The second-order valence-corrected chi connectivity index (χ2v) is 35.7. The maximum atomic E-state index is 8.58. The number of rotatable bonds is 12. The largest absolute Gasteiger partial charge is 0.144 e. The van der Waals surface area contributed by atoms with E-state index in [1.54, 1.807) is 0 Å². The van der Waals surface area contributed by atoms with Crippen LogP contribution in [0.3, 0.4) is 0 Å². The molecule has 0 saturated carbocycles. The van der Waals surface area contributed by atoms with Gasteiger partial charge in [-0.2, -0.15) is 0 Å². The van der Waals surface area contributed by atoms with Crippen molar-refractivity contribution in [1.29, 1.82) is 31.6 Å². The summed E-state index contributed by atoms with van der Waals surface area (Å²) in [5.41, 5.74) is 0. The molecule has 0 fully saturated rings. The van der Waals surface area contributed by atoms with E-state index in [-0.39, 0.29) is 0 Å². The van der Waals surface area contributed by atoms with Crippen LogP contribution in [0.5, 0.6) is 0 Å². The van der Waals surface area contributed by atoms with E-state index in [4.69, 9.17) is 31.6 Å². The molecule has 0 aliphatic rings. The first-order valence-electron chi connectivity index (χ1n) is 28.0. The molecule has 0 spiro atoms. The summed E-state index contributed by atoms with van der Waals surface area (Å²) in [5.74, 6) is 0. The van der Waals surface area contributed by atoms with Gasteiger partial charge in [0.05, 0.1) is 0 Å². The molecule has 0 atom stereocenters. The first-order valence-corrected chi connectivity index (χ1v) is 36.7. The second kappa shape index (κ2) is 28.1. The van der Waals surface area contributed by atoms with Crippen LogP contribution in [-0.2, 0) is 10.7 Å². The Labute approximate surface area is 518 Å². The fourth-order valence-corrected chi connectivity index (χ4v) is 24.4. The van der Waals surface area contributed by atoms with Gasteiger partial charge in [0.25, 0.3) is 0 Å². The fourth-order valence-electron chi connectivity index (χ4n) is 10.8. The molecular weight excluding hydrogens is 1170 g/mol. The van der Waals surface area contributed by atoms with Crippen LogP contribution in [0.2, 0.25) is 0 Å². The number of hydrogen-bond acceptors (Lipinski definition) is 6. The first kappa shape index (κ1) is 61.9. The standard InChI is InChI=1S/3C24H20P.6CN.Fe/c3*1-5-13-21(14-6-1)25(22-15-7-2-8-16-22,23-17-9-3-10-18-23)24-19-11-4-12-20-24;6*1-2;/h3*1-20H;;;;;;;/q3*+1;;;;;;;-3. The van der Waals surface area contributed by atoms with E-state index in [2.05, 4.69) is 364 Å². The Bertz CT molecular complexity index is 3450. The van der Waals surface area contributed by atoms with E-state index < -0.39 is 32.5 Å². The van der Waals surface area contributed by atoms with Crippen molar-refractivity contribution in [2.75, 3.05) is 0 Å². The zero-order valence-corrected chi connectivity index (χ0v) is 51.8. The van der Waals surface area contributed by atoms with E-state index in [9.17, 15) is 0 Å². The van der Waals surface area contributed by atoms with Crippen LogP contribution >= 0.6 is 21.8 Å². The number of benzene rings is 12. The summed E-state index contributed by atoms with van der Waals surface area (Å²) in [6.45, 7) is 0. The van der Waals surface area contributed by atoms with Gasteiger partial charge in [-0.1, -0.05) is 218 Å². The molecule has 0 aliphatic heterocycles. The Morgan fingerprint density at radius 3 is 0.284 bits per heavy atom. The molecular formula is C78H60FeN6P3. The third-order valence-corrected chi connectivity index (χ3v) is 31.5. The SMILES string of the molecule is N#[C][Fe-3]([C]#N)([C]#N)([C]#N)([C]#N)[C]#N.c1ccc([P+](c2ccccc2)(c2ccccc2)c2ccccc2)cc1.c1ccc([P+](c2ccccc2)(c2ccccc2)c2ccccc2)cc1.c1ccc([P+](c2ccccc2)(c2ccccc2)c2ccccc2)cc1. The predicted molar refractivity (Wildman–Crippen MR) is 367 cm³/mol. The monoisotopic (exact) mass is 1230 g/mol. The molecule has 6 nitrogen and oxygen atoms in total. The average molecular weight is 1230 g/mol. The molecule has 425 valence electrons. The van der Waals surface area contributed by atoms with Crippen molar-refractivity contribution >= 4 is 85.4 Å². The Kier molecular flexibility index (Phi) is 19.7. The Balaban J connectivity index is 0.000000143. The Morgan fingerprint density at radius 1 is 0.148 bits per heavy atom. The van der Waals surface area contributed by atoms with Crippen molar-refractivity contribution in [2.45, 2.75) is 0 Å². The van der Waals surface area contributed by atoms with E-state index in [0.29, 0.717) is 0 Å². The minimum absolute atomic E-state index is 1.03. The summed E-state index contributed by atoms with van der Waals surface area (Å²) in [6.07, 6.45) is 0. The van der Waals surface area contributed by atoms with Crippen molar-refractivity contribution in [3.8, 4) is 29.8 Å². The van der Waals surface area contributed by atoms with Crippen LogP contribution in [0.25, 0.3) is 0 Å². The fraction of sp³-hybridized carbons (Fsp3) is 0. The van der Waals surface area contributed by atoms with Gasteiger partial charge in [0, 0.05) is 0 Å². The summed E-state index contributed by atoms with van der Waals surface area (Å²) < 4.78 is 0. The molecule has 88 heavy (non-hydrogen) atoms. The van der Waals surface area contributed by atoms with Gasteiger partial charge in [0.1, 0.15) is 85.4 Å². The molecule has 12 aromatic carbocycles. The topological polar surface area (TPSA) is 143 Å². The minimum atomic E-state index is -6.17. The zero-order chi connectivity index (χ0) is 61.5. The van der Waals surface area contributed by atoms with Crippen LogP contribution in [0, 0.1) is 61.4 Å². The number of nitriles is 6. The summed E-state index contributed by atoms with van der Waals surface area (Å²) in [5, 5.41) is 68.1. The van der Waals surface area contributed by atoms with Gasteiger partial charge in [0.15, 0.2) is 0 Å². The summed E-state index contributed by atoms with van der Waals surface area (Å²) in [4.78, 5) is 6.19. The summed E-state index contributed by atoms with van der Waals surface area (Å²) in [6, 6.07) is 131. The smallest absolute Gasteiger partial charge is 0.0620 e. The van der Waals surface area contributed by atoms with Crippen molar-refractivity contribution in [1.82, 2.24) is 0 Å². The van der Waals surface area contributed by atoms with Gasteiger partial charge in [0.2, 0.25) is 0 Å². The molecule has 0 unspecified atom stereocenters. The summed E-state index contributed by atoms with van der Waals surface area (Å²) in [7, 11) is -11.9. The van der Waals surface area contributed by atoms with Crippen molar-refractivity contribution < 1.29 is 10.7 Å². The molecule has 0 aliphatic carbocycles. The van der Waals surface area contributed by atoms with Gasteiger partial charge in [-0.25, -0.2) is 0 Å². The molecule has 12 rings (SSSR count). The van der Waals surface area contributed by atoms with Gasteiger partial charge in [-0.05, 0) is 146 Å². The Hall–Kier alpha value is -10.6. The molecule has 10 heteroatoms. The first-order chi connectivity index (χ1) is 43.2. The quantitative estimate of drug-likeness (QED) is 0.0880. The van der Waals surface area contributed by atoms with Crippen molar-refractivity contribution in [3.05, 3.63) is 364 Å². The number of nitrogens with zero attached hydrogens (tertiary/aromatic N) is 6. The molecule has 0 N–H and O–H groups in total. The summed E-state index contributed by atoms with van der Waals surface area (Å²) >= 11 is 0. The predicted octanol–water partition coefficient (Wildman–Crippen LogP) is 13.0. The van der Waals surface area contributed by atoms with E-state index >= 15 is 0 Å². The maximum absolute atomic E-state index is 8.58. The molecule has 0 aromatic heterocycles. The van der Waals surface area contributed by atoms with Gasteiger partial charge < -0.3 is 0 Å². The zero-order valence-electron chi connectivity index (χ0n) is 48.0. The van der Waals surface area contributed by atoms with Crippen molar-refractivity contribution in [3.63, 3.8) is 0 Å². The van der Waals surface area contributed by atoms with Crippen LogP contribution < -0.4 is 63.7 Å². The van der Waals surface area contributed by atoms with E-state index in [1.807, 2.05) is 0 Å². The van der Waals surface area contributed by atoms with Gasteiger partial charge >= 0.3 is 72.1 Å². The minimum Gasteiger partial charge on any atom is -0.0620 e. The van der Waals surface area contributed by atoms with Crippen LogP contribution in [0.1, 0.15) is 0 Å². The number of hydrogen-bond donors (Lipinski definition) is 0. The third kappa shape index (κ3) is 11.9. The normalized spacial score (nSPS) is 11.5. The van der Waals surface area contributed by atoms with Gasteiger partial charge in [-0.3, -0.25) is 0 Å². The molecule has 0 radical (unpaired) electrons. The Morgan fingerprint density at radius 2 is 0.227 bits per heavy atom. The maximum Gasteiger partial charge on any atom is 0.144 e. The average Bonchev–Trinajstić information content (AvgIpc) is 0.769. The van der Waals surface area contributed by atoms with Gasteiger partial charge in [-0.15, -0.1) is 0 Å². The second-order valence-electron chi connectivity index (χ2n) is 19.8. The van der Waals surface area contributed by atoms with Crippen LogP contribution in [0.15, 0.2) is 364 Å². The van der Waals surface area contributed by atoms with Crippen LogP contribution in [-0.4, -0.2) is 0 Å². The molecule has 0 saturated heterocycles. The van der Waals surface area contributed by atoms with Crippen molar-refractivity contribution in [2.24, 2.45) is 0 Å². The van der Waals surface area contributed by atoms with E-state index in [0.717, 1.165) is 29.8 Å². The van der Waals surface area contributed by atoms with Crippen LogP contribution in [0.4, 0.5) is 0 Å². The molecule has 0 bridgehead atoms. The molecule has 0 heterocycles. The van der Waals surface area contributed by atoms with E-state index in [1.165, 1.54) is 63.7 Å².